The largest absolute Gasteiger partial charge is 1.00 e. The van der Waals surface area contributed by atoms with E-state index < -0.39 is 41.4 Å². The molecule has 0 bridgehead atoms. The molecular formula is C27H66BrN2O7PSi4. The summed E-state index contributed by atoms with van der Waals surface area (Å²) >= 11 is 0. The van der Waals surface area contributed by atoms with Crippen molar-refractivity contribution in [2.75, 3.05) is 53.1 Å². The molecule has 1 N–H and O–H groups in total. The number of nitrogens with zero attached hydrogens (tertiary/aromatic N) is 1. The van der Waals surface area contributed by atoms with Crippen LogP contribution in [-0.2, 0) is 30.8 Å². The van der Waals surface area contributed by atoms with Crippen molar-refractivity contribution in [3.05, 3.63) is 0 Å². The van der Waals surface area contributed by atoms with Crippen molar-refractivity contribution in [2.45, 2.75) is 117 Å². The minimum Gasteiger partial charge on any atom is -1.00 e. The summed E-state index contributed by atoms with van der Waals surface area (Å²) in [6.07, 6.45) is 5.54. The molecule has 9 nitrogen and oxygen atoms in total. The summed E-state index contributed by atoms with van der Waals surface area (Å²) in [5, 5.41) is 3.11. The van der Waals surface area contributed by atoms with Crippen LogP contribution in [-0.4, -0.2) is 97.3 Å². The van der Waals surface area contributed by atoms with E-state index in [1.54, 1.807) is 0 Å². The third kappa shape index (κ3) is 24.1. The highest BCUT2D eigenvalue weighted by Crippen LogP contribution is 2.48. The molecule has 0 atom stereocenters. The van der Waals surface area contributed by atoms with Gasteiger partial charge in [-0.2, -0.15) is 0 Å². The molecule has 0 aliphatic carbocycles. The van der Waals surface area contributed by atoms with Crippen molar-refractivity contribution < 1.29 is 52.2 Å². The van der Waals surface area contributed by atoms with Gasteiger partial charge >= 0.3 is 16.4 Å². The molecule has 1 amide bonds. The molecule has 0 aliphatic rings. The third-order valence-corrected chi connectivity index (χ3v) is 20.1. The summed E-state index contributed by atoms with van der Waals surface area (Å²) in [6.45, 7) is 26.8. The van der Waals surface area contributed by atoms with Crippen LogP contribution in [0.5, 0.6) is 0 Å². The molecule has 0 heterocycles. The summed E-state index contributed by atoms with van der Waals surface area (Å²) in [6, 6.07) is 0.740. The highest BCUT2D eigenvalue weighted by atomic mass is 79.9. The van der Waals surface area contributed by atoms with Gasteiger partial charge in [0.05, 0.1) is 46.6 Å². The normalized spacial score (nSPS) is 13.6. The first-order valence-electron chi connectivity index (χ1n) is 15.6. The van der Waals surface area contributed by atoms with E-state index in [-0.39, 0.29) is 22.9 Å². The number of hydrogen-bond donors (Lipinski definition) is 1. The van der Waals surface area contributed by atoms with Crippen LogP contribution in [0, 0.1) is 0 Å². The second-order valence-corrected chi connectivity index (χ2v) is 33.7. The van der Waals surface area contributed by atoms with Gasteiger partial charge in [0, 0.05) is 25.4 Å². The number of halogens is 1. The van der Waals surface area contributed by atoms with E-state index in [1.165, 1.54) is 0 Å². The van der Waals surface area contributed by atoms with Crippen molar-refractivity contribution in [3.63, 3.8) is 0 Å². The van der Waals surface area contributed by atoms with Gasteiger partial charge in [-0.1, -0.05) is 0 Å². The lowest BCUT2D eigenvalue weighted by Gasteiger charge is -2.43. The molecule has 0 saturated carbocycles. The van der Waals surface area contributed by atoms with E-state index in [9.17, 15) is 9.36 Å². The Hall–Kier alpha value is 0.808. The van der Waals surface area contributed by atoms with Crippen LogP contribution in [0.2, 0.25) is 65.0 Å². The quantitative estimate of drug-likeness (QED) is 0.0682. The van der Waals surface area contributed by atoms with E-state index >= 15 is 0 Å². The summed E-state index contributed by atoms with van der Waals surface area (Å²) in [5.41, 5.74) is 0. The van der Waals surface area contributed by atoms with Crippen molar-refractivity contribution in [2.24, 2.45) is 0 Å². The van der Waals surface area contributed by atoms with Crippen LogP contribution in [0.15, 0.2) is 0 Å². The molecule has 0 spiro atoms. The Balaban J connectivity index is 0. The molecule has 0 saturated heterocycles. The number of nitrogens with one attached hydrogen (secondary N) is 1. The van der Waals surface area contributed by atoms with Gasteiger partial charge in [-0.05, 0) is 98.5 Å². The lowest BCUT2D eigenvalue weighted by Crippen LogP contribution is -3.00. The van der Waals surface area contributed by atoms with Crippen molar-refractivity contribution >= 4 is 47.3 Å². The molecule has 0 aromatic carbocycles. The first kappa shape index (κ1) is 44.9. The van der Waals surface area contributed by atoms with E-state index in [0.29, 0.717) is 32.3 Å². The average Bonchev–Trinajstić information content (AvgIpc) is 2.73. The van der Waals surface area contributed by atoms with Crippen molar-refractivity contribution in [3.8, 4) is 0 Å². The van der Waals surface area contributed by atoms with Crippen LogP contribution in [0.3, 0.4) is 0 Å². The first-order valence-corrected chi connectivity index (χ1v) is 29.5. The Morgan fingerprint density at radius 1 is 0.714 bits per heavy atom. The molecule has 0 aromatic heterocycles. The molecule has 0 aromatic rings. The minimum absolute atomic E-state index is 0. The van der Waals surface area contributed by atoms with Gasteiger partial charge in [0.25, 0.3) is 0 Å². The zero-order chi connectivity index (χ0) is 32.0. The SMILES string of the molecule is CCOP(=O)(CCC[N+](C)(C)CCCCCC(=O)NCCC[Si](O[Si](C)(C)C)(O[Si](C)(C)C)O[Si](C)(C)C)OCC.[Br-]. The number of amides is 1. The topological polar surface area (TPSA) is 92.3 Å². The van der Waals surface area contributed by atoms with Crippen molar-refractivity contribution in [1.29, 1.82) is 0 Å². The maximum atomic E-state index is 12.7. The van der Waals surface area contributed by atoms with Gasteiger partial charge in [-0.25, -0.2) is 0 Å². The van der Waals surface area contributed by atoms with Crippen LogP contribution in [0.1, 0.15) is 52.4 Å². The fraction of sp³-hybridized carbons (Fsp3) is 0.963. The highest BCUT2D eigenvalue weighted by molar-refractivity contribution is 7.53. The fourth-order valence-electron chi connectivity index (χ4n) is 4.60. The summed E-state index contributed by atoms with van der Waals surface area (Å²) < 4.78 is 44.5. The molecule has 0 unspecified atom stereocenters. The van der Waals surface area contributed by atoms with Crippen molar-refractivity contribution in [1.82, 2.24) is 5.32 Å². The van der Waals surface area contributed by atoms with Gasteiger partial charge in [0.1, 0.15) is 0 Å². The monoisotopic (exact) mass is 752 g/mol. The average molecular weight is 754 g/mol. The zero-order valence-corrected chi connectivity index (χ0v) is 35.8. The lowest BCUT2D eigenvalue weighted by molar-refractivity contribution is -0.890. The standard InChI is InChI=1S/C27H65N2O7PSi4.BrH/c1-14-32-37(31,33-15-2)25-20-24-29(3,4)23-18-16-17-21-27(30)28-22-19-26-41(34-38(5,6)7,35-39(8,9)10)36-40(11,12)13;/h14-26H2,1-13H3;1H. The number of hydrogen-bond acceptors (Lipinski definition) is 7. The summed E-state index contributed by atoms with van der Waals surface area (Å²) in [4.78, 5) is 12.5. The highest BCUT2D eigenvalue weighted by Gasteiger charge is 2.49. The molecule has 0 rings (SSSR count). The van der Waals surface area contributed by atoms with E-state index in [1.807, 2.05) is 13.8 Å². The second kappa shape index (κ2) is 20.1. The van der Waals surface area contributed by atoms with Crippen LogP contribution in [0.25, 0.3) is 0 Å². The Bertz CT molecular complexity index is 756. The van der Waals surface area contributed by atoms with Gasteiger partial charge in [0.2, 0.25) is 5.91 Å². The van der Waals surface area contributed by atoms with Gasteiger partial charge < -0.3 is 48.2 Å². The maximum Gasteiger partial charge on any atom is 0.469 e. The molecule has 0 aliphatic heterocycles. The van der Waals surface area contributed by atoms with E-state index in [4.69, 9.17) is 21.4 Å². The number of rotatable bonds is 24. The molecule has 0 fully saturated rings. The first-order chi connectivity index (χ1) is 18.6. The van der Waals surface area contributed by atoms with E-state index in [2.05, 4.69) is 78.3 Å². The molecule has 42 heavy (non-hydrogen) atoms. The Labute approximate surface area is 274 Å². The maximum absolute atomic E-state index is 12.7. The smallest absolute Gasteiger partial charge is 0.469 e. The van der Waals surface area contributed by atoms with Gasteiger partial charge in [-0.15, -0.1) is 0 Å². The number of quaternary nitrogens is 1. The second-order valence-electron chi connectivity index (χ2n) is 14.5. The predicted molar refractivity (Wildman–Crippen MR) is 182 cm³/mol. The summed E-state index contributed by atoms with van der Waals surface area (Å²) in [5.74, 6) is 0.108. The summed E-state index contributed by atoms with van der Waals surface area (Å²) in [7, 11) is -7.10. The van der Waals surface area contributed by atoms with Crippen LogP contribution >= 0.6 is 7.60 Å². The number of carbonyl (C=O) groups is 1. The predicted octanol–water partition coefficient (Wildman–Crippen LogP) is 4.28. The van der Waals surface area contributed by atoms with Crippen LogP contribution in [0.4, 0.5) is 0 Å². The lowest BCUT2D eigenvalue weighted by atomic mass is 10.1. The molecular weight excluding hydrogens is 688 g/mol. The Morgan fingerprint density at radius 3 is 1.60 bits per heavy atom. The third-order valence-electron chi connectivity index (χ3n) is 5.88. The van der Waals surface area contributed by atoms with Gasteiger partial charge in [0.15, 0.2) is 25.0 Å². The zero-order valence-electron chi connectivity index (χ0n) is 29.3. The Kier molecular flexibility index (Phi) is 21.5. The Morgan fingerprint density at radius 2 is 1.17 bits per heavy atom. The molecule has 15 heteroatoms. The molecule has 0 radical (unpaired) electrons. The minimum atomic E-state index is -2.97. The van der Waals surface area contributed by atoms with Crippen LogP contribution < -0.4 is 22.3 Å². The van der Waals surface area contributed by atoms with E-state index in [0.717, 1.165) is 55.7 Å². The number of carbonyl (C=O) groups excluding carboxylic acids is 1. The number of unbranched alkanes of at least 4 members (excludes halogenated alkanes) is 2. The van der Waals surface area contributed by atoms with Gasteiger partial charge in [-0.3, -0.25) is 9.36 Å². The fourth-order valence-corrected chi connectivity index (χ4v) is 20.9. The molecule has 254 valence electrons.